The smallest absolute Gasteiger partial charge is 0.410 e. The van der Waals surface area contributed by atoms with Gasteiger partial charge in [0.25, 0.3) is 11.8 Å². The van der Waals surface area contributed by atoms with E-state index in [-0.39, 0.29) is 19.1 Å². The Bertz CT molecular complexity index is 948. The molecule has 1 fully saturated rings. The van der Waals surface area contributed by atoms with Crippen molar-refractivity contribution in [3.63, 3.8) is 0 Å². The standard InChI is InChI=1S/C22H21N3O5/c26-19(14-25-20(27)17-8-4-5-9-18(17)21(25)28)23-10-12-24(13-11-23)22(29)30-15-16-6-2-1-3-7-16/h1-9H,10-15H2. The first-order valence-corrected chi connectivity index (χ1v) is 9.73. The number of ether oxygens (including phenoxy) is 1. The molecule has 2 aliphatic heterocycles. The third-order valence-corrected chi connectivity index (χ3v) is 5.27. The summed E-state index contributed by atoms with van der Waals surface area (Å²) in [6, 6.07) is 15.9. The molecule has 2 heterocycles. The van der Waals surface area contributed by atoms with Gasteiger partial charge >= 0.3 is 6.09 Å². The number of amides is 4. The molecular weight excluding hydrogens is 386 g/mol. The van der Waals surface area contributed by atoms with Gasteiger partial charge in [0, 0.05) is 26.2 Å². The van der Waals surface area contributed by atoms with Crippen LogP contribution in [0, 0.1) is 0 Å². The molecule has 0 atom stereocenters. The Morgan fingerprint density at radius 1 is 0.767 bits per heavy atom. The van der Waals surface area contributed by atoms with Crippen molar-refractivity contribution in [2.45, 2.75) is 6.61 Å². The highest BCUT2D eigenvalue weighted by atomic mass is 16.6. The van der Waals surface area contributed by atoms with E-state index in [1.165, 1.54) is 0 Å². The molecule has 0 spiro atoms. The van der Waals surface area contributed by atoms with Gasteiger partial charge in [0.05, 0.1) is 11.1 Å². The zero-order valence-corrected chi connectivity index (χ0v) is 16.3. The Balaban J connectivity index is 1.27. The first-order valence-electron chi connectivity index (χ1n) is 9.73. The maximum absolute atomic E-state index is 12.6. The fraction of sp³-hybridized carbons (Fsp3) is 0.273. The van der Waals surface area contributed by atoms with E-state index < -0.39 is 17.9 Å². The summed E-state index contributed by atoms with van der Waals surface area (Å²) >= 11 is 0. The second kappa shape index (κ2) is 8.36. The number of nitrogens with zero attached hydrogens (tertiary/aromatic N) is 3. The van der Waals surface area contributed by atoms with Gasteiger partial charge in [0.1, 0.15) is 13.2 Å². The van der Waals surface area contributed by atoms with E-state index in [9.17, 15) is 19.2 Å². The summed E-state index contributed by atoms with van der Waals surface area (Å²) in [6.07, 6.45) is -0.425. The minimum atomic E-state index is -0.452. The molecule has 154 valence electrons. The molecule has 4 amide bonds. The fourth-order valence-corrected chi connectivity index (χ4v) is 3.57. The van der Waals surface area contributed by atoms with Crippen molar-refractivity contribution >= 4 is 23.8 Å². The Morgan fingerprint density at radius 3 is 1.90 bits per heavy atom. The highest BCUT2D eigenvalue weighted by Gasteiger charge is 2.37. The molecule has 2 aliphatic rings. The van der Waals surface area contributed by atoms with Crippen LogP contribution in [0.3, 0.4) is 0 Å². The van der Waals surface area contributed by atoms with Crippen molar-refractivity contribution in [2.75, 3.05) is 32.7 Å². The van der Waals surface area contributed by atoms with Crippen LogP contribution in [0.1, 0.15) is 26.3 Å². The zero-order chi connectivity index (χ0) is 21.1. The summed E-state index contributed by atoms with van der Waals surface area (Å²) in [5.41, 5.74) is 1.54. The first-order chi connectivity index (χ1) is 14.5. The average molecular weight is 407 g/mol. The molecule has 0 N–H and O–H groups in total. The summed E-state index contributed by atoms with van der Waals surface area (Å²) in [4.78, 5) is 53.8. The lowest BCUT2D eigenvalue weighted by Gasteiger charge is -2.34. The van der Waals surface area contributed by atoms with E-state index in [2.05, 4.69) is 0 Å². The number of hydrogen-bond donors (Lipinski definition) is 0. The molecule has 0 saturated carbocycles. The number of hydrogen-bond acceptors (Lipinski definition) is 5. The van der Waals surface area contributed by atoms with Crippen molar-refractivity contribution < 1.29 is 23.9 Å². The van der Waals surface area contributed by atoms with Crippen LogP contribution in [0.25, 0.3) is 0 Å². The van der Waals surface area contributed by atoms with Gasteiger partial charge in [0.2, 0.25) is 5.91 Å². The van der Waals surface area contributed by atoms with E-state index in [1.807, 2.05) is 30.3 Å². The van der Waals surface area contributed by atoms with Gasteiger partial charge in [-0.15, -0.1) is 0 Å². The normalized spacial score (nSPS) is 15.9. The lowest BCUT2D eigenvalue weighted by atomic mass is 10.1. The number of rotatable bonds is 4. The molecule has 0 aliphatic carbocycles. The molecule has 8 heteroatoms. The summed E-state index contributed by atoms with van der Waals surface area (Å²) in [7, 11) is 0. The van der Waals surface area contributed by atoms with Gasteiger partial charge in [0.15, 0.2) is 0 Å². The molecule has 4 rings (SSSR count). The van der Waals surface area contributed by atoms with E-state index in [1.54, 1.807) is 34.1 Å². The Labute approximate surface area is 173 Å². The van der Waals surface area contributed by atoms with Crippen molar-refractivity contribution in [3.8, 4) is 0 Å². The average Bonchev–Trinajstić information content (AvgIpc) is 3.03. The Morgan fingerprint density at radius 2 is 1.30 bits per heavy atom. The van der Waals surface area contributed by atoms with E-state index >= 15 is 0 Å². The number of imide groups is 1. The summed E-state index contributed by atoms with van der Waals surface area (Å²) in [5, 5.41) is 0. The van der Waals surface area contributed by atoms with Crippen molar-refractivity contribution in [2.24, 2.45) is 0 Å². The predicted molar refractivity (Wildman–Crippen MR) is 107 cm³/mol. The summed E-state index contributed by atoms with van der Waals surface area (Å²) < 4.78 is 5.32. The Hall–Kier alpha value is -3.68. The molecular formula is C22H21N3O5. The molecule has 8 nitrogen and oxygen atoms in total. The minimum Gasteiger partial charge on any atom is -0.445 e. The lowest BCUT2D eigenvalue weighted by Crippen LogP contribution is -2.53. The third kappa shape index (κ3) is 3.89. The van der Waals surface area contributed by atoms with Gasteiger partial charge in [-0.1, -0.05) is 42.5 Å². The first kappa shape index (κ1) is 19.6. The highest BCUT2D eigenvalue weighted by molar-refractivity contribution is 6.22. The largest absolute Gasteiger partial charge is 0.445 e. The van der Waals surface area contributed by atoms with E-state index in [0.717, 1.165) is 10.5 Å². The van der Waals surface area contributed by atoms with E-state index in [0.29, 0.717) is 37.3 Å². The second-order valence-electron chi connectivity index (χ2n) is 7.15. The van der Waals surface area contributed by atoms with Crippen LogP contribution in [0.4, 0.5) is 4.79 Å². The van der Waals surface area contributed by atoms with Gasteiger partial charge in [-0.25, -0.2) is 4.79 Å². The van der Waals surface area contributed by atoms with E-state index in [4.69, 9.17) is 4.74 Å². The van der Waals surface area contributed by atoms with Crippen molar-refractivity contribution in [3.05, 3.63) is 71.3 Å². The van der Waals surface area contributed by atoms with Gasteiger partial charge < -0.3 is 14.5 Å². The molecule has 0 aromatic heterocycles. The molecule has 0 unspecified atom stereocenters. The van der Waals surface area contributed by atoms with Crippen LogP contribution in [0.2, 0.25) is 0 Å². The number of fused-ring (bicyclic) bond motifs is 1. The van der Waals surface area contributed by atoms with Crippen LogP contribution < -0.4 is 0 Å². The molecule has 2 aromatic rings. The predicted octanol–water partition coefficient (Wildman–Crippen LogP) is 1.76. The second-order valence-corrected chi connectivity index (χ2v) is 7.15. The molecule has 0 radical (unpaired) electrons. The van der Waals surface area contributed by atoms with Crippen molar-refractivity contribution in [1.29, 1.82) is 0 Å². The minimum absolute atomic E-state index is 0.193. The number of benzene rings is 2. The van der Waals surface area contributed by atoms with Crippen LogP contribution in [0.15, 0.2) is 54.6 Å². The monoisotopic (exact) mass is 407 g/mol. The fourth-order valence-electron chi connectivity index (χ4n) is 3.57. The van der Waals surface area contributed by atoms with Crippen LogP contribution in [0.5, 0.6) is 0 Å². The maximum atomic E-state index is 12.6. The van der Waals surface area contributed by atoms with Crippen molar-refractivity contribution in [1.82, 2.24) is 14.7 Å². The molecule has 2 aromatic carbocycles. The molecule has 0 bridgehead atoms. The number of carbonyl (C=O) groups is 4. The topological polar surface area (TPSA) is 87.2 Å². The van der Waals surface area contributed by atoms with Gasteiger partial charge in [-0.3, -0.25) is 19.3 Å². The lowest BCUT2D eigenvalue weighted by molar-refractivity contribution is -0.133. The van der Waals surface area contributed by atoms with Gasteiger partial charge in [-0.05, 0) is 17.7 Å². The zero-order valence-electron chi connectivity index (χ0n) is 16.3. The highest BCUT2D eigenvalue weighted by Crippen LogP contribution is 2.22. The molecule has 1 saturated heterocycles. The summed E-state index contributed by atoms with van der Waals surface area (Å²) in [6.45, 7) is 1.21. The quantitative estimate of drug-likeness (QED) is 0.721. The number of piperazine rings is 1. The van der Waals surface area contributed by atoms with Crippen LogP contribution in [-0.2, 0) is 16.1 Å². The SMILES string of the molecule is O=C(CN1C(=O)c2ccccc2C1=O)N1CCN(C(=O)OCc2ccccc2)CC1. The molecule has 30 heavy (non-hydrogen) atoms. The third-order valence-electron chi connectivity index (χ3n) is 5.27. The van der Waals surface area contributed by atoms with Crippen LogP contribution >= 0.6 is 0 Å². The number of carbonyl (C=O) groups excluding carboxylic acids is 4. The van der Waals surface area contributed by atoms with Crippen LogP contribution in [-0.4, -0.2) is 71.2 Å². The summed E-state index contributed by atoms with van der Waals surface area (Å²) in [5.74, 6) is -1.22. The maximum Gasteiger partial charge on any atom is 0.410 e. The Kier molecular flexibility index (Phi) is 5.47. The van der Waals surface area contributed by atoms with Gasteiger partial charge in [-0.2, -0.15) is 0 Å².